The van der Waals surface area contributed by atoms with E-state index in [1.54, 1.807) is 0 Å². The first kappa shape index (κ1) is 8.80. The van der Waals surface area contributed by atoms with Gasteiger partial charge in [-0.2, -0.15) is 0 Å². The Kier molecular flexibility index (Phi) is 3.02. The van der Waals surface area contributed by atoms with Crippen LogP contribution in [0.4, 0.5) is 0 Å². The fourth-order valence-corrected chi connectivity index (χ4v) is 0.263. The summed E-state index contributed by atoms with van der Waals surface area (Å²) in [5, 5.41) is 33.8. The number of rotatable bonds is 3. The lowest BCUT2D eigenvalue weighted by Crippen LogP contribution is -2.55. The van der Waals surface area contributed by atoms with Crippen molar-refractivity contribution in [2.45, 2.75) is 11.8 Å². The zero-order chi connectivity index (χ0) is 7.49. The van der Waals surface area contributed by atoms with Gasteiger partial charge in [-0.05, 0) is 0 Å². The van der Waals surface area contributed by atoms with Crippen LogP contribution in [0.25, 0.3) is 0 Å². The van der Waals surface area contributed by atoms with E-state index in [-0.39, 0.29) is 0 Å². The summed E-state index contributed by atoms with van der Waals surface area (Å²) in [5.74, 6) is 0. The van der Waals surface area contributed by atoms with Gasteiger partial charge in [-0.15, -0.1) is 0 Å². The number of aliphatic hydroxyl groups excluding tert-OH is 3. The fourth-order valence-electron chi connectivity index (χ4n) is 0.263. The van der Waals surface area contributed by atoms with Crippen molar-refractivity contribution in [3.8, 4) is 0 Å². The number of hydrogen-bond donors (Lipinski definition) is 5. The Bertz CT molecular complexity index is 84.6. The zero-order valence-corrected chi connectivity index (χ0v) is 4.86. The van der Waals surface area contributed by atoms with E-state index in [0.29, 0.717) is 0 Å². The van der Waals surface area contributed by atoms with Gasteiger partial charge in [0.15, 0.2) is 5.72 Å². The number of hydrogen-bond acceptors (Lipinski definition) is 5. The van der Waals surface area contributed by atoms with E-state index in [0.717, 1.165) is 0 Å². The predicted molar refractivity (Wildman–Crippen MR) is 29.3 cm³/mol. The van der Waals surface area contributed by atoms with Gasteiger partial charge in [0, 0.05) is 0 Å². The lowest BCUT2D eigenvalue weighted by molar-refractivity contribution is -0.116. The van der Waals surface area contributed by atoms with Gasteiger partial charge in [-0.1, -0.05) is 0 Å². The molecule has 0 aliphatic heterocycles. The van der Waals surface area contributed by atoms with Crippen LogP contribution in [0.15, 0.2) is 0 Å². The standard InChI is InChI=1S/C4H11NO4/c5-4(9,2-7)3(8)1-6/h3,6-9H,1-2,5H2/t3-,4+/m1/s1. The normalized spacial score (nSPS) is 21.0. The van der Waals surface area contributed by atoms with Gasteiger partial charge in [-0.3, -0.25) is 5.73 Å². The average Bonchev–Trinajstić information content (AvgIpc) is 1.86. The first-order valence-corrected chi connectivity index (χ1v) is 2.45. The van der Waals surface area contributed by atoms with E-state index in [9.17, 15) is 0 Å². The van der Waals surface area contributed by atoms with E-state index in [1.807, 2.05) is 0 Å². The van der Waals surface area contributed by atoms with E-state index in [2.05, 4.69) is 0 Å². The molecule has 0 aromatic heterocycles. The molecule has 0 unspecified atom stereocenters. The molecular formula is C4H11NO4. The quantitative estimate of drug-likeness (QED) is 0.266. The summed E-state index contributed by atoms with van der Waals surface area (Å²) < 4.78 is 0. The van der Waals surface area contributed by atoms with Crippen molar-refractivity contribution in [3.05, 3.63) is 0 Å². The van der Waals surface area contributed by atoms with E-state index >= 15 is 0 Å². The highest BCUT2D eigenvalue weighted by molar-refractivity contribution is 4.77. The van der Waals surface area contributed by atoms with Crippen LogP contribution in [0.2, 0.25) is 0 Å². The summed E-state index contributed by atoms with van der Waals surface area (Å²) >= 11 is 0. The fraction of sp³-hybridized carbons (Fsp3) is 1.00. The van der Waals surface area contributed by atoms with Gasteiger partial charge in [-0.25, -0.2) is 0 Å². The van der Waals surface area contributed by atoms with Crippen LogP contribution in [0, 0.1) is 0 Å². The molecule has 2 atom stereocenters. The van der Waals surface area contributed by atoms with Gasteiger partial charge in [0.2, 0.25) is 0 Å². The van der Waals surface area contributed by atoms with Gasteiger partial charge in [0.1, 0.15) is 6.10 Å². The summed E-state index contributed by atoms with van der Waals surface area (Å²) in [6.45, 7) is -1.46. The third-order valence-corrected chi connectivity index (χ3v) is 1.00. The molecule has 5 nitrogen and oxygen atoms in total. The SMILES string of the molecule is N[C@](O)(CO)[C@H](O)CO. The van der Waals surface area contributed by atoms with Crippen molar-refractivity contribution < 1.29 is 20.4 Å². The minimum Gasteiger partial charge on any atom is -0.394 e. The van der Waals surface area contributed by atoms with Crippen molar-refractivity contribution in [2.24, 2.45) is 5.73 Å². The second-order valence-corrected chi connectivity index (χ2v) is 1.85. The van der Waals surface area contributed by atoms with E-state index in [4.69, 9.17) is 26.2 Å². The molecule has 0 heterocycles. The van der Waals surface area contributed by atoms with E-state index < -0.39 is 25.0 Å². The third kappa shape index (κ3) is 2.25. The molecular weight excluding hydrogens is 126 g/mol. The van der Waals surface area contributed by atoms with Crippen LogP contribution >= 0.6 is 0 Å². The van der Waals surface area contributed by atoms with Crippen LogP contribution in [-0.4, -0.2) is 45.5 Å². The highest BCUT2D eigenvalue weighted by Crippen LogP contribution is 1.99. The van der Waals surface area contributed by atoms with Crippen molar-refractivity contribution in [3.63, 3.8) is 0 Å². The Labute approximate surface area is 52.4 Å². The predicted octanol–water partition coefficient (Wildman–Crippen LogP) is -3.02. The molecule has 0 aromatic rings. The molecule has 0 saturated heterocycles. The van der Waals surface area contributed by atoms with Gasteiger partial charge >= 0.3 is 0 Å². The van der Waals surface area contributed by atoms with Gasteiger partial charge < -0.3 is 20.4 Å². The molecule has 5 heteroatoms. The Hall–Kier alpha value is -0.200. The molecule has 0 aromatic carbocycles. The Morgan fingerprint density at radius 1 is 1.44 bits per heavy atom. The molecule has 0 saturated carbocycles. The Morgan fingerprint density at radius 2 is 1.89 bits per heavy atom. The molecule has 0 fully saturated rings. The second kappa shape index (κ2) is 3.09. The van der Waals surface area contributed by atoms with Crippen LogP contribution in [0.5, 0.6) is 0 Å². The summed E-state index contributed by atoms with van der Waals surface area (Å²) in [4.78, 5) is 0. The maximum atomic E-state index is 8.71. The second-order valence-electron chi connectivity index (χ2n) is 1.85. The summed E-state index contributed by atoms with van der Waals surface area (Å²) in [6, 6.07) is 0. The molecule has 0 radical (unpaired) electrons. The van der Waals surface area contributed by atoms with Crippen molar-refractivity contribution in [1.82, 2.24) is 0 Å². The molecule has 56 valence electrons. The average molecular weight is 137 g/mol. The summed E-state index contributed by atoms with van der Waals surface area (Å²) in [5.41, 5.74) is 2.78. The molecule has 9 heavy (non-hydrogen) atoms. The van der Waals surface area contributed by atoms with Gasteiger partial charge in [0.25, 0.3) is 0 Å². The monoisotopic (exact) mass is 137 g/mol. The van der Waals surface area contributed by atoms with Crippen molar-refractivity contribution >= 4 is 0 Å². The molecule has 0 aliphatic carbocycles. The highest BCUT2D eigenvalue weighted by Gasteiger charge is 2.29. The third-order valence-electron chi connectivity index (χ3n) is 1.00. The summed E-state index contributed by atoms with van der Waals surface area (Å²) in [6.07, 6.45) is -1.50. The van der Waals surface area contributed by atoms with Crippen LogP contribution < -0.4 is 5.73 Å². The first-order chi connectivity index (χ1) is 4.04. The summed E-state index contributed by atoms with van der Waals surface area (Å²) in [7, 11) is 0. The molecule has 0 spiro atoms. The molecule has 6 N–H and O–H groups in total. The van der Waals surface area contributed by atoms with Crippen molar-refractivity contribution in [2.75, 3.05) is 13.2 Å². The topological polar surface area (TPSA) is 107 Å². The number of nitrogens with two attached hydrogens (primary N) is 1. The molecule has 0 bridgehead atoms. The Morgan fingerprint density at radius 3 is 2.00 bits per heavy atom. The molecule has 0 rings (SSSR count). The van der Waals surface area contributed by atoms with Crippen molar-refractivity contribution in [1.29, 1.82) is 0 Å². The van der Waals surface area contributed by atoms with Crippen LogP contribution in [0.3, 0.4) is 0 Å². The molecule has 0 amide bonds. The smallest absolute Gasteiger partial charge is 0.165 e. The maximum Gasteiger partial charge on any atom is 0.165 e. The Balaban J connectivity index is 3.80. The van der Waals surface area contributed by atoms with Crippen LogP contribution in [0.1, 0.15) is 0 Å². The van der Waals surface area contributed by atoms with E-state index in [1.165, 1.54) is 0 Å². The minimum atomic E-state index is -2.09. The lowest BCUT2D eigenvalue weighted by Gasteiger charge is -2.24. The highest BCUT2D eigenvalue weighted by atomic mass is 16.4. The zero-order valence-electron chi connectivity index (χ0n) is 4.86. The largest absolute Gasteiger partial charge is 0.394 e. The molecule has 0 aliphatic rings. The number of aliphatic hydroxyl groups is 4. The maximum absolute atomic E-state index is 8.71. The lowest BCUT2D eigenvalue weighted by atomic mass is 10.1. The van der Waals surface area contributed by atoms with Crippen LogP contribution in [-0.2, 0) is 0 Å². The van der Waals surface area contributed by atoms with Gasteiger partial charge in [0.05, 0.1) is 13.2 Å². The first-order valence-electron chi connectivity index (χ1n) is 2.45. The minimum absolute atomic E-state index is 0.673.